The van der Waals surface area contributed by atoms with E-state index in [2.05, 4.69) is 251 Å². The van der Waals surface area contributed by atoms with Gasteiger partial charge < -0.3 is 14.5 Å². The van der Waals surface area contributed by atoms with E-state index in [-0.39, 0.29) is 27.1 Å². The van der Waals surface area contributed by atoms with Crippen molar-refractivity contribution < 1.29 is 4.74 Å². The molecule has 0 N–H and O–H groups in total. The lowest BCUT2D eigenvalue weighted by atomic mass is 9.78. The molecule has 0 saturated heterocycles. The molecule has 5 heteroatoms. The second-order valence-electron chi connectivity index (χ2n) is 23.2. The summed E-state index contributed by atoms with van der Waals surface area (Å²) < 4.78 is 9.45. The third-order valence-corrected chi connectivity index (χ3v) is 13.8. The second kappa shape index (κ2) is 15.9. The van der Waals surface area contributed by atoms with E-state index < -0.39 is 0 Å². The highest BCUT2D eigenvalue weighted by atomic mass is 16.5. The number of benzene rings is 6. The van der Waals surface area contributed by atoms with Crippen LogP contribution in [0.25, 0.3) is 27.6 Å². The van der Waals surface area contributed by atoms with E-state index in [1.807, 2.05) is 6.20 Å². The van der Waals surface area contributed by atoms with Gasteiger partial charge in [0.15, 0.2) is 0 Å². The van der Waals surface area contributed by atoms with Crippen LogP contribution in [0.1, 0.15) is 130 Å². The van der Waals surface area contributed by atoms with Crippen molar-refractivity contribution in [3.05, 3.63) is 179 Å². The molecule has 0 amide bonds. The van der Waals surface area contributed by atoms with Gasteiger partial charge in [-0.2, -0.15) is 0 Å². The van der Waals surface area contributed by atoms with Crippen LogP contribution in [0.2, 0.25) is 0 Å². The highest BCUT2D eigenvalue weighted by molar-refractivity contribution is 6.10. The van der Waals surface area contributed by atoms with Gasteiger partial charge in [-0.25, -0.2) is 4.98 Å². The number of pyridine rings is 1. The zero-order valence-corrected chi connectivity index (χ0v) is 41.8. The Balaban J connectivity index is 1.19. The fraction of sp³-hybridized carbons (Fsp3) is 0.328. The standard InChI is InChI=1S/C61H68N4O/c1-57(2,3)41-24-27-52-51(35-41)50-26-25-48(38-55(50)65(52)56-36-42(28-29-62-56)58(4,5)6)66-49-34-45(61(13,14)40-20-16-15-17-21-40)33-47(37-49)64-39-63(53-22-18-19-23-54(53)64)46-31-43(59(7,8)9)30-44(32-46)60(10,11)12/h15-38H,39H2,1-14H3. The monoisotopic (exact) mass is 873 g/mol. The molecule has 5 nitrogen and oxygen atoms in total. The predicted octanol–water partition coefficient (Wildman–Crippen LogP) is 16.7. The van der Waals surface area contributed by atoms with Crippen molar-refractivity contribution in [2.75, 3.05) is 16.5 Å². The van der Waals surface area contributed by atoms with E-state index in [1.54, 1.807) is 0 Å². The van der Waals surface area contributed by atoms with Crippen molar-refractivity contribution in [3.63, 3.8) is 0 Å². The number of anilines is 4. The third kappa shape index (κ3) is 8.38. The molecule has 0 atom stereocenters. The van der Waals surface area contributed by atoms with Gasteiger partial charge in [-0.05, 0) is 128 Å². The van der Waals surface area contributed by atoms with Crippen LogP contribution in [0.5, 0.6) is 11.5 Å². The normalized spacial score (nSPS) is 13.8. The van der Waals surface area contributed by atoms with E-state index in [1.165, 1.54) is 61.2 Å². The maximum Gasteiger partial charge on any atom is 0.137 e. The minimum atomic E-state index is -0.318. The summed E-state index contributed by atoms with van der Waals surface area (Å²) in [5.74, 6) is 2.46. The van der Waals surface area contributed by atoms with Crippen LogP contribution in [-0.2, 0) is 27.1 Å². The van der Waals surface area contributed by atoms with Gasteiger partial charge in [0.1, 0.15) is 24.0 Å². The minimum Gasteiger partial charge on any atom is -0.457 e. The Kier molecular flexibility index (Phi) is 10.8. The third-order valence-electron chi connectivity index (χ3n) is 13.8. The molecule has 0 fully saturated rings. The summed E-state index contributed by atoms with van der Waals surface area (Å²) in [5, 5.41) is 2.38. The molecule has 1 aliphatic heterocycles. The number of para-hydroxylation sites is 2. The molecule has 338 valence electrons. The first-order chi connectivity index (χ1) is 31.0. The summed E-state index contributed by atoms with van der Waals surface area (Å²) in [4.78, 5) is 9.93. The molecule has 6 aromatic carbocycles. The van der Waals surface area contributed by atoms with Crippen molar-refractivity contribution in [2.45, 2.75) is 124 Å². The Morgan fingerprint density at radius 3 is 1.58 bits per heavy atom. The number of ether oxygens (including phenoxy) is 1. The zero-order valence-electron chi connectivity index (χ0n) is 41.8. The summed E-state index contributed by atoms with van der Waals surface area (Å²) >= 11 is 0. The van der Waals surface area contributed by atoms with Gasteiger partial charge in [-0.1, -0.05) is 152 Å². The van der Waals surface area contributed by atoms with Crippen LogP contribution >= 0.6 is 0 Å². The number of nitrogens with zero attached hydrogens (tertiary/aromatic N) is 4. The number of rotatable bonds is 7. The van der Waals surface area contributed by atoms with E-state index >= 15 is 0 Å². The molecule has 2 aromatic heterocycles. The topological polar surface area (TPSA) is 33.5 Å². The number of hydrogen-bond acceptors (Lipinski definition) is 4. The second-order valence-corrected chi connectivity index (χ2v) is 23.2. The maximum absolute atomic E-state index is 7.13. The van der Waals surface area contributed by atoms with E-state index in [0.717, 1.165) is 34.0 Å². The maximum atomic E-state index is 7.13. The first-order valence-corrected chi connectivity index (χ1v) is 23.7. The SMILES string of the molecule is CC(C)(C)c1cc(N2CN(c3cc(Oc4ccc5c6cc(C(C)(C)C)ccc6n(-c6cc(C(C)(C)C)ccn6)c5c4)cc(C(C)(C)c4ccccc4)c3)c3ccccc32)cc(C(C)(C)C)c1. The molecule has 66 heavy (non-hydrogen) atoms. The van der Waals surface area contributed by atoms with Crippen molar-refractivity contribution in [3.8, 4) is 17.3 Å². The number of fused-ring (bicyclic) bond motifs is 4. The Labute approximate surface area is 394 Å². The van der Waals surface area contributed by atoms with E-state index in [4.69, 9.17) is 9.72 Å². The van der Waals surface area contributed by atoms with Crippen molar-refractivity contribution in [2.24, 2.45) is 0 Å². The minimum absolute atomic E-state index is 0.00174. The highest BCUT2D eigenvalue weighted by Crippen LogP contribution is 2.48. The van der Waals surface area contributed by atoms with Gasteiger partial charge in [0.05, 0.1) is 22.4 Å². The molecule has 0 bridgehead atoms. The highest BCUT2D eigenvalue weighted by Gasteiger charge is 2.33. The lowest BCUT2D eigenvalue weighted by molar-refractivity contribution is 0.480. The van der Waals surface area contributed by atoms with Gasteiger partial charge in [0.25, 0.3) is 0 Å². The van der Waals surface area contributed by atoms with Gasteiger partial charge in [-0.15, -0.1) is 0 Å². The molecule has 9 rings (SSSR count). The van der Waals surface area contributed by atoms with Crippen molar-refractivity contribution in [1.82, 2.24) is 9.55 Å². The van der Waals surface area contributed by atoms with Crippen molar-refractivity contribution in [1.29, 1.82) is 0 Å². The lowest BCUT2D eigenvalue weighted by Crippen LogP contribution is -2.26. The Morgan fingerprint density at radius 1 is 0.409 bits per heavy atom. The molecule has 3 heterocycles. The van der Waals surface area contributed by atoms with E-state index in [9.17, 15) is 0 Å². The summed E-state index contributed by atoms with van der Waals surface area (Å²) in [6.45, 7) is 32.8. The van der Waals surface area contributed by atoms with Gasteiger partial charge >= 0.3 is 0 Å². The fourth-order valence-corrected chi connectivity index (χ4v) is 9.39. The summed E-state index contributed by atoms with van der Waals surface area (Å²) in [5.41, 5.74) is 14.1. The molecule has 8 aromatic rings. The van der Waals surface area contributed by atoms with Crippen LogP contribution in [0, 0.1) is 0 Å². The van der Waals surface area contributed by atoms with Crippen LogP contribution in [0.3, 0.4) is 0 Å². The summed E-state index contributed by atoms with van der Waals surface area (Å²) in [6, 6.07) is 51.5. The van der Waals surface area contributed by atoms with Crippen LogP contribution < -0.4 is 14.5 Å². The van der Waals surface area contributed by atoms with Crippen LogP contribution in [0.4, 0.5) is 22.7 Å². The molecule has 0 saturated carbocycles. The molecule has 0 radical (unpaired) electrons. The average Bonchev–Trinajstić information content (AvgIpc) is 3.81. The molecule has 0 aliphatic carbocycles. The Bertz CT molecular complexity index is 3080. The molecule has 0 unspecified atom stereocenters. The van der Waals surface area contributed by atoms with Gasteiger partial charge in [0, 0.05) is 45.9 Å². The first-order valence-electron chi connectivity index (χ1n) is 23.7. The quantitative estimate of drug-likeness (QED) is 0.160. The average molecular weight is 873 g/mol. The van der Waals surface area contributed by atoms with Gasteiger partial charge in [-0.3, -0.25) is 4.57 Å². The van der Waals surface area contributed by atoms with Crippen LogP contribution in [0.15, 0.2) is 146 Å². The van der Waals surface area contributed by atoms with Gasteiger partial charge in [0.2, 0.25) is 0 Å². The van der Waals surface area contributed by atoms with Crippen molar-refractivity contribution >= 4 is 44.6 Å². The smallest absolute Gasteiger partial charge is 0.137 e. The Hall–Kier alpha value is -6.33. The molecular weight excluding hydrogens is 805 g/mol. The zero-order chi connectivity index (χ0) is 47.1. The largest absolute Gasteiger partial charge is 0.457 e. The van der Waals surface area contributed by atoms with E-state index in [0.29, 0.717) is 6.67 Å². The van der Waals surface area contributed by atoms with Crippen LogP contribution in [-0.4, -0.2) is 16.2 Å². The number of hydrogen-bond donors (Lipinski definition) is 0. The number of aromatic nitrogens is 2. The summed E-state index contributed by atoms with van der Waals surface area (Å²) in [7, 11) is 0. The lowest BCUT2D eigenvalue weighted by Gasteiger charge is -2.30. The fourth-order valence-electron chi connectivity index (χ4n) is 9.39. The summed E-state index contributed by atoms with van der Waals surface area (Å²) in [6.07, 6.45) is 1.95. The molecule has 0 spiro atoms. The first kappa shape index (κ1) is 44.9. The predicted molar refractivity (Wildman–Crippen MR) is 280 cm³/mol. The molecular formula is C61H68N4O. The Morgan fingerprint density at radius 2 is 0.970 bits per heavy atom. The molecule has 1 aliphatic rings.